The van der Waals surface area contributed by atoms with Crippen molar-refractivity contribution in [2.75, 3.05) is 0 Å². The van der Waals surface area contributed by atoms with Crippen LogP contribution in [0.3, 0.4) is 0 Å². The second-order valence-corrected chi connectivity index (χ2v) is 6.69. The van der Waals surface area contributed by atoms with Gasteiger partial charge in [0.1, 0.15) is 5.75 Å². The standard InChI is InChI=1S/C19H21BrN2O/c1-2-5-19-21-16(13-8-10-14(20)11-9-13)12-17(22-19)15-6-3-4-7-18(15)23/h3-4,6-12,17,19,21-23H,2,5H2,1H3. The van der Waals surface area contributed by atoms with Crippen molar-refractivity contribution in [2.45, 2.75) is 32.0 Å². The van der Waals surface area contributed by atoms with Crippen molar-refractivity contribution >= 4 is 21.6 Å². The molecule has 3 N–H and O–H groups in total. The van der Waals surface area contributed by atoms with Crippen LogP contribution in [0.4, 0.5) is 0 Å². The number of hydrogen-bond donors (Lipinski definition) is 3. The zero-order valence-corrected chi connectivity index (χ0v) is 14.7. The van der Waals surface area contributed by atoms with Gasteiger partial charge in [0.25, 0.3) is 0 Å². The summed E-state index contributed by atoms with van der Waals surface area (Å²) in [7, 11) is 0. The molecule has 23 heavy (non-hydrogen) atoms. The highest BCUT2D eigenvalue weighted by molar-refractivity contribution is 9.10. The first kappa shape index (κ1) is 16.1. The van der Waals surface area contributed by atoms with Gasteiger partial charge in [-0.1, -0.05) is 59.6 Å². The maximum atomic E-state index is 10.2. The van der Waals surface area contributed by atoms with Crippen molar-refractivity contribution < 1.29 is 5.11 Å². The molecule has 2 aromatic carbocycles. The minimum absolute atomic E-state index is 0.00681. The van der Waals surface area contributed by atoms with Crippen molar-refractivity contribution in [3.05, 3.63) is 70.2 Å². The fourth-order valence-electron chi connectivity index (χ4n) is 2.89. The largest absolute Gasteiger partial charge is 0.508 e. The highest BCUT2D eigenvalue weighted by Crippen LogP contribution is 2.30. The average Bonchev–Trinajstić information content (AvgIpc) is 2.56. The first-order valence-corrected chi connectivity index (χ1v) is 8.75. The first-order valence-electron chi connectivity index (χ1n) is 7.95. The van der Waals surface area contributed by atoms with E-state index in [0.717, 1.165) is 34.1 Å². The molecule has 0 bridgehead atoms. The van der Waals surface area contributed by atoms with E-state index in [4.69, 9.17) is 0 Å². The molecule has 0 spiro atoms. The second-order valence-electron chi connectivity index (χ2n) is 5.78. The molecule has 4 heteroatoms. The van der Waals surface area contributed by atoms with Crippen LogP contribution in [0.5, 0.6) is 5.75 Å². The van der Waals surface area contributed by atoms with Crippen LogP contribution in [0.25, 0.3) is 5.70 Å². The zero-order valence-electron chi connectivity index (χ0n) is 13.1. The highest BCUT2D eigenvalue weighted by atomic mass is 79.9. The smallest absolute Gasteiger partial charge is 0.120 e. The fourth-order valence-corrected chi connectivity index (χ4v) is 3.16. The zero-order chi connectivity index (χ0) is 16.2. The van der Waals surface area contributed by atoms with E-state index in [2.05, 4.69) is 51.7 Å². The number of hydrogen-bond acceptors (Lipinski definition) is 3. The summed E-state index contributed by atoms with van der Waals surface area (Å²) in [6, 6.07) is 15.8. The molecule has 1 aliphatic heterocycles. The van der Waals surface area contributed by atoms with E-state index in [0.29, 0.717) is 5.75 Å². The number of nitrogens with one attached hydrogen (secondary N) is 2. The van der Waals surface area contributed by atoms with Gasteiger partial charge in [0, 0.05) is 15.7 Å². The van der Waals surface area contributed by atoms with Crippen molar-refractivity contribution in [3.8, 4) is 5.75 Å². The summed E-state index contributed by atoms with van der Waals surface area (Å²) < 4.78 is 1.07. The van der Waals surface area contributed by atoms with E-state index in [1.54, 1.807) is 6.07 Å². The molecule has 0 saturated carbocycles. The van der Waals surface area contributed by atoms with Gasteiger partial charge in [-0.15, -0.1) is 0 Å². The van der Waals surface area contributed by atoms with Gasteiger partial charge >= 0.3 is 0 Å². The van der Waals surface area contributed by atoms with E-state index in [1.807, 2.05) is 30.3 Å². The quantitative estimate of drug-likeness (QED) is 0.737. The molecule has 0 saturated heterocycles. The maximum Gasteiger partial charge on any atom is 0.120 e. The predicted octanol–water partition coefficient (Wildman–Crippen LogP) is 4.56. The van der Waals surface area contributed by atoms with Gasteiger partial charge in [0.15, 0.2) is 0 Å². The van der Waals surface area contributed by atoms with Gasteiger partial charge in [0.05, 0.1) is 12.2 Å². The van der Waals surface area contributed by atoms with Crippen LogP contribution in [0, 0.1) is 0 Å². The Kier molecular flexibility index (Phi) is 5.03. The molecule has 0 amide bonds. The van der Waals surface area contributed by atoms with E-state index in [1.165, 1.54) is 0 Å². The Balaban J connectivity index is 1.96. The van der Waals surface area contributed by atoms with E-state index in [9.17, 15) is 5.11 Å². The van der Waals surface area contributed by atoms with Crippen LogP contribution in [0.2, 0.25) is 0 Å². The average molecular weight is 373 g/mol. The Morgan fingerprint density at radius 2 is 1.83 bits per heavy atom. The number of para-hydroxylation sites is 1. The highest BCUT2D eigenvalue weighted by Gasteiger charge is 2.23. The summed E-state index contributed by atoms with van der Waals surface area (Å²) >= 11 is 3.48. The van der Waals surface area contributed by atoms with Crippen molar-refractivity contribution in [2.24, 2.45) is 0 Å². The summed E-state index contributed by atoms with van der Waals surface area (Å²) in [6.07, 6.45) is 4.45. The molecule has 0 aromatic heterocycles. The van der Waals surface area contributed by atoms with E-state index >= 15 is 0 Å². The Bertz CT molecular complexity index is 697. The summed E-state index contributed by atoms with van der Waals surface area (Å²) in [4.78, 5) is 0. The van der Waals surface area contributed by atoms with Crippen LogP contribution in [0.1, 0.15) is 36.9 Å². The molecule has 2 aromatic rings. The van der Waals surface area contributed by atoms with Gasteiger partial charge < -0.3 is 10.4 Å². The summed E-state index contributed by atoms with van der Waals surface area (Å²) in [5, 5.41) is 17.3. The molecule has 0 fully saturated rings. The van der Waals surface area contributed by atoms with Gasteiger partial charge in [-0.3, -0.25) is 5.32 Å². The predicted molar refractivity (Wildman–Crippen MR) is 97.9 cm³/mol. The maximum absolute atomic E-state index is 10.2. The third-order valence-corrected chi connectivity index (χ3v) is 4.58. The van der Waals surface area contributed by atoms with Crippen LogP contribution >= 0.6 is 15.9 Å². The Hall–Kier alpha value is -1.78. The summed E-state index contributed by atoms with van der Waals surface area (Å²) in [6.45, 7) is 2.18. The minimum atomic E-state index is -0.00681. The van der Waals surface area contributed by atoms with Crippen LogP contribution < -0.4 is 10.6 Å². The molecular weight excluding hydrogens is 352 g/mol. The lowest BCUT2D eigenvalue weighted by Crippen LogP contribution is -2.46. The van der Waals surface area contributed by atoms with Crippen LogP contribution in [-0.2, 0) is 0 Å². The number of phenols is 1. The molecule has 3 rings (SSSR count). The van der Waals surface area contributed by atoms with Crippen molar-refractivity contribution in [1.29, 1.82) is 0 Å². The molecule has 0 radical (unpaired) electrons. The van der Waals surface area contributed by atoms with Crippen molar-refractivity contribution in [3.63, 3.8) is 0 Å². The normalized spacial score (nSPS) is 20.7. The van der Waals surface area contributed by atoms with Crippen molar-refractivity contribution in [1.82, 2.24) is 10.6 Å². The van der Waals surface area contributed by atoms with Gasteiger partial charge in [-0.2, -0.15) is 0 Å². The topological polar surface area (TPSA) is 44.3 Å². The molecule has 2 unspecified atom stereocenters. The number of benzene rings is 2. The Labute approximate surface area is 145 Å². The minimum Gasteiger partial charge on any atom is -0.508 e. The number of halogens is 1. The monoisotopic (exact) mass is 372 g/mol. The fraction of sp³-hybridized carbons (Fsp3) is 0.263. The summed E-state index contributed by atoms with van der Waals surface area (Å²) in [5.74, 6) is 0.327. The number of rotatable bonds is 4. The molecule has 1 aliphatic rings. The van der Waals surface area contributed by atoms with E-state index in [-0.39, 0.29) is 12.2 Å². The molecule has 1 heterocycles. The van der Waals surface area contributed by atoms with Gasteiger partial charge in [-0.05, 0) is 36.3 Å². The first-order chi connectivity index (χ1) is 11.2. The Morgan fingerprint density at radius 3 is 2.52 bits per heavy atom. The number of aromatic hydroxyl groups is 1. The molecule has 120 valence electrons. The molecule has 0 aliphatic carbocycles. The summed E-state index contributed by atoms with van der Waals surface area (Å²) in [5.41, 5.74) is 3.16. The Morgan fingerprint density at radius 1 is 1.09 bits per heavy atom. The van der Waals surface area contributed by atoms with Gasteiger partial charge in [-0.25, -0.2) is 0 Å². The molecule has 2 atom stereocenters. The molecule has 3 nitrogen and oxygen atoms in total. The third-order valence-electron chi connectivity index (χ3n) is 4.05. The van der Waals surface area contributed by atoms with E-state index < -0.39 is 0 Å². The SMILES string of the molecule is CCCC1NC(c2ccc(Br)cc2)=CC(c2ccccc2O)N1. The van der Waals surface area contributed by atoms with Crippen LogP contribution in [0.15, 0.2) is 59.1 Å². The number of phenolic OH excluding ortho intramolecular Hbond substituents is 1. The lowest BCUT2D eigenvalue weighted by molar-refractivity contribution is 0.391. The third kappa shape index (κ3) is 3.77. The molecular formula is C19H21BrN2O. The second kappa shape index (κ2) is 7.20. The lowest BCUT2D eigenvalue weighted by atomic mass is 9.99. The van der Waals surface area contributed by atoms with Gasteiger partial charge in [0.2, 0.25) is 0 Å². The lowest BCUT2D eigenvalue weighted by Gasteiger charge is -2.33. The van der Waals surface area contributed by atoms with Crippen LogP contribution in [-0.4, -0.2) is 11.3 Å².